The molecule has 0 saturated carbocycles. The summed E-state index contributed by atoms with van der Waals surface area (Å²) in [5.74, 6) is -2.37. The summed E-state index contributed by atoms with van der Waals surface area (Å²) in [6.45, 7) is 4.59. The molecular weight excluding hydrogens is 318 g/mol. The summed E-state index contributed by atoms with van der Waals surface area (Å²) in [6.07, 6.45) is 2.04. The maximum Gasteiger partial charge on any atom is 0.288 e. The quantitative estimate of drug-likeness (QED) is 0.761. The molecule has 130 valence electrons. The van der Waals surface area contributed by atoms with Crippen LogP contribution in [0.5, 0.6) is 0 Å². The van der Waals surface area contributed by atoms with E-state index in [1.807, 2.05) is 12.1 Å². The summed E-state index contributed by atoms with van der Waals surface area (Å²) in [4.78, 5) is 2.89. The van der Waals surface area contributed by atoms with Crippen LogP contribution in [0.4, 0.5) is 8.78 Å². The summed E-state index contributed by atoms with van der Waals surface area (Å²) in [5.41, 5.74) is 1.24. The lowest BCUT2D eigenvalue weighted by Crippen LogP contribution is -2.55. The van der Waals surface area contributed by atoms with Gasteiger partial charge in [0.2, 0.25) is 0 Å². The summed E-state index contributed by atoms with van der Waals surface area (Å²) in [6, 6.07) is 7.56. The van der Waals surface area contributed by atoms with Crippen LogP contribution in [0, 0.1) is 0 Å². The minimum Gasteiger partial charge on any atom is -0.381 e. The van der Waals surface area contributed by atoms with Crippen LogP contribution < -0.4 is 5.32 Å². The minimum atomic E-state index is -2.37. The number of rotatable bonds is 7. The molecule has 6 heteroatoms. The van der Waals surface area contributed by atoms with Gasteiger partial charge in [-0.25, -0.2) is 0 Å². The molecule has 0 aliphatic carbocycles. The Morgan fingerprint density at radius 1 is 1.22 bits per heavy atom. The van der Waals surface area contributed by atoms with E-state index in [4.69, 9.17) is 4.74 Å². The van der Waals surface area contributed by atoms with Gasteiger partial charge in [0.15, 0.2) is 0 Å². The molecule has 1 N–H and O–H groups in total. The van der Waals surface area contributed by atoms with Crippen LogP contribution in [0.25, 0.3) is 0 Å². The van der Waals surface area contributed by atoms with Crippen molar-refractivity contribution in [3.8, 4) is 0 Å². The highest BCUT2D eigenvalue weighted by Gasteiger charge is 2.34. The first-order valence-corrected chi connectivity index (χ1v) is 8.84. The Morgan fingerprint density at radius 3 is 2.35 bits per heavy atom. The van der Waals surface area contributed by atoms with Crippen LogP contribution in [0.15, 0.2) is 29.2 Å². The molecule has 23 heavy (non-hydrogen) atoms. The third-order valence-electron chi connectivity index (χ3n) is 4.71. The Labute approximate surface area is 141 Å². The highest BCUT2D eigenvalue weighted by Crippen LogP contribution is 2.28. The molecule has 1 atom stereocenters. The van der Waals surface area contributed by atoms with E-state index in [9.17, 15) is 8.78 Å². The summed E-state index contributed by atoms with van der Waals surface area (Å²) < 4.78 is 30.2. The number of benzene rings is 1. The number of thioether (sulfide) groups is 1. The lowest BCUT2D eigenvalue weighted by Gasteiger charge is -2.43. The normalized spacial score (nSPS) is 19.3. The largest absolute Gasteiger partial charge is 0.381 e. The number of alkyl halides is 2. The van der Waals surface area contributed by atoms with Gasteiger partial charge >= 0.3 is 0 Å². The molecule has 0 bridgehead atoms. The first-order chi connectivity index (χ1) is 10.9. The second-order valence-corrected chi connectivity index (χ2v) is 7.34. The molecule has 1 aliphatic heterocycles. The van der Waals surface area contributed by atoms with Gasteiger partial charge < -0.3 is 15.0 Å². The lowest BCUT2D eigenvalue weighted by atomic mass is 9.88. The number of likely N-dealkylation sites (N-methyl/N-ethyl adjacent to an activating group) is 1. The van der Waals surface area contributed by atoms with E-state index in [2.05, 4.69) is 31.2 Å². The summed E-state index contributed by atoms with van der Waals surface area (Å²) in [7, 11) is 4.24. The average Bonchev–Trinajstić information content (AvgIpc) is 2.53. The molecule has 3 nitrogen and oxygen atoms in total. The molecule has 0 spiro atoms. The molecule has 2 rings (SSSR count). The van der Waals surface area contributed by atoms with Crippen molar-refractivity contribution in [2.45, 2.75) is 42.0 Å². The van der Waals surface area contributed by atoms with Crippen molar-refractivity contribution in [2.75, 3.05) is 33.9 Å². The topological polar surface area (TPSA) is 24.5 Å². The van der Waals surface area contributed by atoms with Crippen LogP contribution in [-0.2, 0) is 4.74 Å². The van der Waals surface area contributed by atoms with Crippen molar-refractivity contribution in [2.24, 2.45) is 0 Å². The van der Waals surface area contributed by atoms with Crippen molar-refractivity contribution in [1.29, 1.82) is 0 Å². The molecule has 1 heterocycles. The maximum absolute atomic E-state index is 12.4. The molecule has 1 aliphatic rings. The Balaban J connectivity index is 1.94. The predicted molar refractivity (Wildman–Crippen MR) is 91.2 cm³/mol. The Hall–Kier alpha value is -0.690. The standard InChI is InChI=1S/C17H26F2N2OS/c1-13(14-4-6-15(7-5-14)23-16(18)19)20-12-17(21(2)3)8-10-22-11-9-17/h4-7,13,16,20H,8-12H2,1-3H3/t13-/m1/s1. The van der Waals surface area contributed by atoms with Gasteiger partial charge in [-0.3, -0.25) is 0 Å². The summed E-state index contributed by atoms with van der Waals surface area (Å²) >= 11 is 0.584. The summed E-state index contributed by atoms with van der Waals surface area (Å²) in [5, 5.41) is 3.60. The molecule has 1 aromatic carbocycles. The van der Waals surface area contributed by atoms with Gasteiger partial charge in [-0.15, -0.1) is 0 Å². The van der Waals surface area contributed by atoms with Crippen molar-refractivity contribution in [3.05, 3.63) is 29.8 Å². The van der Waals surface area contributed by atoms with Crippen LogP contribution >= 0.6 is 11.8 Å². The number of hydrogen-bond donors (Lipinski definition) is 1. The Morgan fingerprint density at radius 2 is 1.83 bits per heavy atom. The van der Waals surface area contributed by atoms with Crippen LogP contribution in [0.3, 0.4) is 0 Å². The predicted octanol–water partition coefficient (Wildman–Crippen LogP) is 3.76. The molecule has 1 saturated heterocycles. The van der Waals surface area contributed by atoms with Gasteiger partial charge in [-0.1, -0.05) is 23.9 Å². The van der Waals surface area contributed by atoms with Crippen LogP contribution in [0.1, 0.15) is 31.4 Å². The smallest absolute Gasteiger partial charge is 0.288 e. The highest BCUT2D eigenvalue weighted by molar-refractivity contribution is 7.99. The fraction of sp³-hybridized carbons (Fsp3) is 0.647. The van der Waals surface area contributed by atoms with E-state index in [-0.39, 0.29) is 11.6 Å². The fourth-order valence-corrected chi connectivity index (χ4v) is 3.43. The van der Waals surface area contributed by atoms with Gasteiger partial charge in [-0.2, -0.15) is 8.78 Å². The third-order valence-corrected chi connectivity index (χ3v) is 5.44. The number of nitrogens with zero attached hydrogens (tertiary/aromatic N) is 1. The van der Waals surface area contributed by atoms with E-state index in [0.717, 1.165) is 38.2 Å². The monoisotopic (exact) mass is 344 g/mol. The number of halogens is 2. The van der Waals surface area contributed by atoms with E-state index in [0.29, 0.717) is 16.7 Å². The van der Waals surface area contributed by atoms with E-state index >= 15 is 0 Å². The molecule has 0 amide bonds. The SMILES string of the molecule is C[C@@H](NCC1(N(C)C)CCOCC1)c1ccc(SC(F)F)cc1. The molecule has 0 unspecified atom stereocenters. The second kappa shape index (κ2) is 8.42. The van der Waals surface area contributed by atoms with Crippen molar-refractivity contribution in [3.63, 3.8) is 0 Å². The van der Waals surface area contributed by atoms with Gasteiger partial charge in [0, 0.05) is 36.2 Å². The van der Waals surface area contributed by atoms with Crippen molar-refractivity contribution < 1.29 is 13.5 Å². The van der Waals surface area contributed by atoms with E-state index in [1.54, 1.807) is 12.1 Å². The van der Waals surface area contributed by atoms with Crippen LogP contribution in [-0.4, -0.2) is 50.1 Å². The number of hydrogen-bond acceptors (Lipinski definition) is 4. The third kappa shape index (κ3) is 5.14. The fourth-order valence-electron chi connectivity index (χ4n) is 2.93. The molecule has 1 aromatic rings. The van der Waals surface area contributed by atoms with Gasteiger partial charge in [-0.05, 0) is 51.6 Å². The van der Waals surface area contributed by atoms with Crippen molar-refractivity contribution in [1.82, 2.24) is 10.2 Å². The zero-order valence-corrected chi connectivity index (χ0v) is 14.8. The van der Waals surface area contributed by atoms with Crippen LogP contribution in [0.2, 0.25) is 0 Å². The molecule has 1 fully saturated rings. The first kappa shape index (κ1) is 18.6. The van der Waals surface area contributed by atoms with Gasteiger partial charge in [0.25, 0.3) is 5.76 Å². The molecule has 0 aromatic heterocycles. The lowest BCUT2D eigenvalue weighted by molar-refractivity contribution is -0.00807. The highest BCUT2D eigenvalue weighted by atomic mass is 32.2. The zero-order valence-electron chi connectivity index (χ0n) is 14.0. The minimum absolute atomic E-state index is 0.123. The first-order valence-electron chi connectivity index (χ1n) is 7.96. The van der Waals surface area contributed by atoms with E-state index in [1.165, 1.54) is 0 Å². The van der Waals surface area contributed by atoms with Crippen molar-refractivity contribution >= 4 is 11.8 Å². The van der Waals surface area contributed by atoms with Gasteiger partial charge in [0.1, 0.15) is 0 Å². The number of nitrogens with one attached hydrogen (secondary N) is 1. The number of ether oxygens (including phenoxy) is 1. The zero-order chi connectivity index (χ0) is 16.9. The van der Waals surface area contributed by atoms with E-state index < -0.39 is 5.76 Å². The second-order valence-electron chi connectivity index (χ2n) is 6.28. The maximum atomic E-state index is 12.4. The molecular formula is C17H26F2N2OS. The Kier molecular flexibility index (Phi) is 6.83. The van der Waals surface area contributed by atoms with Gasteiger partial charge in [0.05, 0.1) is 0 Å². The Bertz CT molecular complexity index is 476. The molecule has 0 radical (unpaired) electrons. The average molecular weight is 344 g/mol.